The van der Waals surface area contributed by atoms with Crippen molar-refractivity contribution in [3.63, 3.8) is 0 Å². The van der Waals surface area contributed by atoms with E-state index in [1.165, 1.54) is 19.2 Å². The highest BCUT2D eigenvalue weighted by Gasteiger charge is 2.29. The first kappa shape index (κ1) is 19.6. The third kappa shape index (κ3) is 4.48. The first-order valence-corrected chi connectivity index (χ1v) is 8.22. The lowest BCUT2D eigenvalue weighted by molar-refractivity contribution is -0.384. The van der Waals surface area contributed by atoms with Crippen molar-refractivity contribution in [1.82, 2.24) is 5.06 Å². The number of carbonyl (C=O) groups is 2. The lowest BCUT2D eigenvalue weighted by Gasteiger charge is -2.36. The minimum Gasteiger partial charge on any atom is -0.465 e. The van der Waals surface area contributed by atoms with Gasteiger partial charge in [-0.2, -0.15) is 0 Å². The molecular formula is C17H23N3O6. The number of nitro benzene ring substituents is 1. The second-order valence-corrected chi connectivity index (χ2v) is 6.99. The average Bonchev–Trinajstić information content (AvgIpc) is 2.60. The fourth-order valence-corrected chi connectivity index (χ4v) is 2.46. The Morgan fingerprint density at radius 1 is 1.15 bits per heavy atom. The minimum atomic E-state index is -0.634. The van der Waals surface area contributed by atoms with Gasteiger partial charge in [0.25, 0.3) is 5.69 Å². The molecule has 0 saturated carbocycles. The van der Waals surface area contributed by atoms with Gasteiger partial charge in [-0.3, -0.25) is 10.1 Å². The minimum absolute atomic E-state index is 0.141. The zero-order chi connectivity index (χ0) is 19.5. The van der Waals surface area contributed by atoms with E-state index in [1.807, 2.05) is 4.90 Å². The molecule has 0 N–H and O–H groups in total. The Kier molecular flexibility index (Phi) is 5.81. The van der Waals surface area contributed by atoms with E-state index in [1.54, 1.807) is 31.9 Å². The number of benzene rings is 1. The van der Waals surface area contributed by atoms with Gasteiger partial charge < -0.3 is 14.5 Å². The normalized spacial score (nSPS) is 15.5. The number of methoxy groups -OCH3 is 1. The van der Waals surface area contributed by atoms with E-state index in [2.05, 4.69) is 0 Å². The summed E-state index contributed by atoms with van der Waals surface area (Å²) < 4.78 is 4.75. The van der Waals surface area contributed by atoms with Gasteiger partial charge in [-0.1, -0.05) is 0 Å². The molecule has 26 heavy (non-hydrogen) atoms. The number of ether oxygens (including phenoxy) is 1. The molecule has 1 aromatic carbocycles. The van der Waals surface area contributed by atoms with Gasteiger partial charge in [0.05, 0.1) is 41.8 Å². The Morgan fingerprint density at radius 2 is 1.77 bits per heavy atom. The molecule has 1 aromatic rings. The standard InChI is InChI=1S/C17H23N3O6/c1-17(2,3)16(22)26-19-9-7-18(8-10-19)14-6-5-12(20(23)24)11-13(14)15(21)25-4/h5-6,11H,7-10H2,1-4H3. The van der Waals surface area contributed by atoms with Gasteiger partial charge in [0, 0.05) is 25.2 Å². The molecule has 1 aliphatic rings. The third-order valence-electron chi connectivity index (χ3n) is 4.00. The van der Waals surface area contributed by atoms with E-state index >= 15 is 0 Å². The van der Waals surface area contributed by atoms with Crippen molar-refractivity contribution in [1.29, 1.82) is 0 Å². The number of rotatable bonds is 4. The van der Waals surface area contributed by atoms with Gasteiger partial charge in [0.2, 0.25) is 0 Å². The van der Waals surface area contributed by atoms with Crippen molar-refractivity contribution < 1.29 is 24.1 Å². The Balaban J connectivity index is 2.12. The van der Waals surface area contributed by atoms with E-state index in [0.29, 0.717) is 31.9 Å². The number of hydroxylamine groups is 2. The van der Waals surface area contributed by atoms with Crippen LogP contribution in [0.25, 0.3) is 0 Å². The molecule has 1 saturated heterocycles. The zero-order valence-electron chi connectivity index (χ0n) is 15.4. The number of non-ortho nitro benzene ring substituents is 1. The predicted octanol–water partition coefficient (Wildman–Crippen LogP) is 2.01. The van der Waals surface area contributed by atoms with Crippen LogP contribution in [0.4, 0.5) is 11.4 Å². The predicted molar refractivity (Wildman–Crippen MR) is 93.8 cm³/mol. The Hall–Kier alpha value is -2.68. The van der Waals surface area contributed by atoms with Crippen LogP contribution in [-0.2, 0) is 14.4 Å². The number of hydrogen-bond acceptors (Lipinski definition) is 8. The molecule has 0 unspecified atom stereocenters. The van der Waals surface area contributed by atoms with E-state index in [9.17, 15) is 19.7 Å². The topological polar surface area (TPSA) is 102 Å². The summed E-state index contributed by atoms with van der Waals surface area (Å²) in [7, 11) is 1.23. The molecule has 0 bridgehead atoms. The van der Waals surface area contributed by atoms with Gasteiger partial charge in [-0.05, 0) is 26.8 Å². The lowest BCUT2D eigenvalue weighted by atomic mass is 9.98. The van der Waals surface area contributed by atoms with Crippen LogP contribution in [0, 0.1) is 15.5 Å². The molecule has 0 amide bonds. The van der Waals surface area contributed by atoms with Crippen LogP contribution >= 0.6 is 0 Å². The number of nitrogens with zero attached hydrogens (tertiary/aromatic N) is 3. The Bertz CT molecular complexity index is 705. The average molecular weight is 365 g/mol. The quantitative estimate of drug-likeness (QED) is 0.453. The first-order chi connectivity index (χ1) is 12.1. The third-order valence-corrected chi connectivity index (χ3v) is 4.00. The van der Waals surface area contributed by atoms with Crippen LogP contribution in [0.2, 0.25) is 0 Å². The lowest BCUT2D eigenvalue weighted by Crippen LogP contribution is -2.48. The molecule has 1 fully saturated rings. The van der Waals surface area contributed by atoms with Crippen molar-refractivity contribution >= 4 is 23.3 Å². The van der Waals surface area contributed by atoms with E-state index < -0.39 is 16.3 Å². The van der Waals surface area contributed by atoms with Gasteiger partial charge in [0.15, 0.2) is 0 Å². The van der Waals surface area contributed by atoms with Crippen LogP contribution < -0.4 is 4.90 Å². The van der Waals surface area contributed by atoms with E-state index in [4.69, 9.17) is 9.57 Å². The van der Waals surface area contributed by atoms with Crippen LogP contribution in [0.1, 0.15) is 31.1 Å². The van der Waals surface area contributed by atoms with Gasteiger partial charge >= 0.3 is 11.9 Å². The molecular weight excluding hydrogens is 342 g/mol. The summed E-state index contributed by atoms with van der Waals surface area (Å²) in [5.74, 6) is -0.943. The van der Waals surface area contributed by atoms with Crippen molar-refractivity contribution in [2.45, 2.75) is 20.8 Å². The molecule has 9 heteroatoms. The highest BCUT2D eigenvalue weighted by molar-refractivity contribution is 5.96. The molecule has 2 rings (SSSR count). The molecule has 1 aliphatic heterocycles. The summed E-state index contributed by atoms with van der Waals surface area (Å²) >= 11 is 0. The van der Waals surface area contributed by atoms with Crippen molar-refractivity contribution in [3.05, 3.63) is 33.9 Å². The highest BCUT2D eigenvalue weighted by atomic mass is 16.7. The molecule has 0 aliphatic carbocycles. The first-order valence-electron chi connectivity index (χ1n) is 8.22. The number of piperazine rings is 1. The van der Waals surface area contributed by atoms with Gasteiger partial charge in [0.1, 0.15) is 0 Å². The monoisotopic (exact) mass is 365 g/mol. The maximum absolute atomic E-state index is 12.0. The maximum Gasteiger partial charge on any atom is 0.340 e. The number of carbonyl (C=O) groups excluding carboxylic acids is 2. The van der Waals surface area contributed by atoms with Crippen molar-refractivity contribution in [2.75, 3.05) is 38.2 Å². The van der Waals surface area contributed by atoms with Crippen LogP contribution in [0.15, 0.2) is 18.2 Å². The zero-order valence-corrected chi connectivity index (χ0v) is 15.4. The number of esters is 1. The van der Waals surface area contributed by atoms with Crippen molar-refractivity contribution in [2.24, 2.45) is 5.41 Å². The summed E-state index contributed by atoms with van der Waals surface area (Å²) in [5, 5.41) is 12.6. The van der Waals surface area contributed by atoms with E-state index in [0.717, 1.165) is 0 Å². The molecule has 0 aromatic heterocycles. The van der Waals surface area contributed by atoms with Crippen LogP contribution in [0.5, 0.6) is 0 Å². The molecule has 1 heterocycles. The summed E-state index contributed by atoms with van der Waals surface area (Å²) in [5.41, 5.74) is -0.0638. The van der Waals surface area contributed by atoms with Crippen LogP contribution in [0.3, 0.4) is 0 Å². The molecule has 142 valence electrons. The smallest absolute Gasteiger partial charge is 0.340 e. The molecule has 9 nitrogen and oxygen atoms in total. The summed E-state index contributed by atoms with van der Waals surface area (Å²) in [6, 6.07) is 4.11. The summed E-state index contributed by atoms with van der Waals surface area (Å²) in [6.07, 6.45) is 0. The molecule has 0 radical (unpaired) electrons. The second kappa shape index (κ2) is 7.69. The Morgan fingerprint density at radius 3 is 2.27 bits per heavy atom. The second-order valence-electron chi connectivity index (χ2n) is 6.99. The van der Waals surface area contributed by atoms with Crippen LogP contribution in [-0.4, -0.2) is 55.2 Å². The SMILES string of the molecule is COC(=O)c1cc([N+](=O)[O-])ccc1N1CCN(OC(=O)C(C)(C)C)CC1. The van der Waals surface area contributed by atoms with Crippen molar-refractivity contribution in [3.8, 4) is 0 Å². The highest BCUT2D eigenvalue weighted by Crippen LogP contribution is 2.27. The largest absolute Gasteiger partial charge is 0.465 e. The number of nitro groups is 1. The van der Waals surface area contributed by atoms with Gasteiger partial charge in [-0.15, -0.1) is 5.06 Å². The summed E-state index contributed by atoms with van der Waals surface area (Å²) in [6.45, 7) is 7.26. The number of anilines is 1. The molecule has 0 spiro atoms. The Labute approximate surface area is 151 Å². The van der Waals surface area contributed by atoms with Gasteiger partial charge in [-0.25, -0.2) is 9.59 Å². The number of hydrogen-bond donors (Lipinski definition) is 0. The fraction of sp³-hybridized carbons (Fsp3) is 0.529. The van der Waals surface area contributed by atoms with E-state index in [-0.39, 0.29) is 17.2 Å². The summed E-state index contributed by atoms with van der Waals surface area (Å²) in [4.78, 5) is 41.7. The fourth-order valence-electron chi connectivity index (χ4n) is 2.46. The molecule has 0 atom stereocenters. The maximum atomic E-state index is 12.0.